The minimum atomic E-state index is -2.47. The van der Waals surface area contributed by atoms with Gasteiger partial charge in [0, 0.05) is 22.1 Å². The normalized spacial score (nSPS) is 17.5. The van der Waals surface area contributed by atoms with E-state index in [0.717, 1.165) is 16.5 Å². The predicted molar refractivity (Wildman–Crippen MR) is 91.0 cm³/mol. The number of rotatable bonds is 2. The minimum absolute atomic E-state index is 0.206. The molecule has 2 heteroatoms. The van der Waals surface area contributed by atoms with Crippen molar-refractivity contribution in [2.24, 2.45) is 0 Å². The molecule has 0 aliphatic rings. The number of aromatic nitrogens is 1. The lowest BCUT2D eigenvalue weighted by atomic mass is 10.0. The van der Waals surface area contributed by atoms with Gasteiger partial charge in [-0.15, -0.1) is 0 Å². The third-order valence-corrected chi connectivity index (χ3v) is 3.81. The van der Waals surface area contributed by atoms with Crippen molar-refractivity contribution in [1.29, 1.82) is 0 Å². The molecule has 22 heavy (non-hydrogen) atoms. The van der Waals surface area contributed by atoms with Crippen LogP contribution in [0.1, 0.15) is 30.8 Å². The second-order valence-corrected chi connectivity index (χ2v) is 5.32. The van der Waals surface area contributed by atoms with Crippen LogP contribution in [0.25, 0.3) is 33.2 Å². The summed E-state index contributed by atoms with van der Waals surface area (Å²) in [5.74, 6) is -1.79. The standard InChI is InChI=1S/C20H17NO/c1-13(2)17-11-12-18-19(21-17)16-10-6-9-15(20(16)22-18)14-7-4-3-5-8-14/h3-13H,1-2H3/i1D3,13D. The molecule has 0 bridgehead atoms. The van der Waals surface area contributed by atoms with Crippen molar-refractivity contribution in [2.75, 3.05) is 0 Å². The highest BCUT2D eigenvalue weighted by atomic mass is 16.3. The van der Waals surface area contributed by atoms with Gasteiger partial charge in [0.2, 0.25) is 0 Å². The van der Waals surface area contributed by atoms with Crippen molar-refractivity contribution < 1.29 is 9.90 Å². The highest BCUT2D eigenvalue weighted by Gasteiger charge is 2.14. The molecule has 1 unspecified atom stereocenters. The molecule has 0 radical (unpaired) electrons. The predicted octanol–water partition coefficient (Wildman–Crippen LogP) is 5.77. The van der Waals surface area contributed by atoms with Crippen molar-refractivity contribution in [3.8, 4) is 11.1 Å². The monoisotopic (exact) mass is 291 g/mol. The summed E-state index contributed by atoms with van der Waals surface area (Å²) in [6.07, 6.45) is 0. The number of fused-ring (bicyclic) bond motifs is 3. The van der Waals surface area contributed by atoms with Crippen molar-refractivity contribution in [3.05, 3.63) is 66.4 Å². The van der Waals surface area contributed by atoms with Crippen LogP contribution in [-0.4, -0.2) is 4.98 Å². The highest BCUT2D eigenvalue weighted by molar-refractivity contribution is 6.07. The first-order valence-corrected chi connectivity index (χ1v) is 7.17. The zero-order valence-electron chi connectivity index (χ0n) is 16.1. The zero-order valence-corrected chi connectivity index (χ0v) is 12.1. The van der Waals surface area contributed by atoms with Crippen LogP contribution in [0.15, 0.2) is 65.1 Å². The van der Waals surface area contributed by atoms with E-state index >= 15 is 0 Å². The topological polar surface area (TPSA) is 26.0 Å². The Labute approximate surface area is 135 Å². The van der Waals surface area contributed by atoms with E-state index in [1.54, 1.807) is 12.1 Å². The molecular formula is C20H17NO. The van der Waals surface area contributed by atoms with Crippen LogP contribution >= 0.6 is 0 Å². The minimum Gasteiger partial charge on any atom is -0.454 e. The van der Waals surface area contributed by atoms with Crippen LogP contribution in [0.4, 0.5) is 0 Å². The third-order valence-electron chi connectivity index (χ3n) is 3.81. The van der Waals surface area contributed by atoms with E-state index in [2.05, 4.69) is 4.98 Å². The van der Waals surface area contributed by atoms with E-state index in [0.29, 0.717) is 16.7 Å². The average molecular weight is 291 g/mol. The van der Waals surface area contributed by atoms with E-state index < -0.39 is 12.7 Å². The number of nitrogens with zero attached hydrogens (tertiary/aromatic N) is 1. The van der Waals surface area contributed by atoms with Crippen molar-refractivity contribution in [3.63, 3.8) is 0 Å². The van der Waals surface area contributed by atoms with Crippen LogP contribution < -0.4 is 0 Å². The fourth-order valence-corrected chi connectivity index (χ4v) is 2.72. The lowest BCUT2D eigenvalue weighted by Crippen LogP contribution is -1.91. The smallest absolute Gasteiger partial charge is 0.153 e. The Morgan fingerprint density at radius 1 is 1.05 bits per heavy atom. The van der Waals surface area contributed by atoms with E-state index in [1.165, 1.54) is 6.92 Å². The number of furan rings is 1. The van der Waals surface area contributed by atoms with Crippen LogP contribution in [0.5, 0.6) is 0 Å². The molecule has 4 rings (SSSR count). The van der Waals surface area contributed by atoms with Crippen molar-refractivity contribution in [2.45, 2.75) is 19.7 Å². The van der Waals surface area contributed by atoms with Gasteiger partial charge in [-0.25, -0.2) is 4.98 Å². The molecule has 0 saturated heterocycles. The SMILES string of the molecule is [2H]C([2H])([2H])C([2H])(C)c1ccc2oc3c(-c4ccccc4)cccc3c2n1. The summed E-state index contributed by atoms with van der Waals surface area (Å²) >= 11 is 0. The second kappa shape index (κ2) is 4.99. The Hall–Kier alpha value is -2.61. The quantitative estimate of drug-likeness (QED) is 0.468. The van der Waals surface area contributed by atoms with Gasteiger partial charge in [0.15, 0.2) is 5.58 Å². The van der Waals surface area contributed by atoms with Gasteiger partial charge in [-0.1, -0.05) is 56.2 Å². The number of benzene rings is 2. The Morgan fingerprint density at radius 2 is 1.91 bits per heavy atom. The zero-order chi connectivity index (χ0) is 18.5. The van der Waals surface area contributed by atoms with Crippen molar-refractivity contribution in [1.82, 2.24) is 4.98 Å². The van der Waals surface area contributed by atoms with E-state index in [4.69, 9.17) is 9.90 Å². The Bertz CT molecular complexity index is 1100. The summed E-state index contributed by atoms with van der Waals surface area (Å²) in [6, 6.07) is 19.0. The molecule has 0 saturated carbocycles. The first-order chi connectivity index (χ1) is 12.3. The molecule has 0 aliphatic carbocycles. The largest absolute Gasteiger partial charge is 0.454 e. The van der Waals surface area contributed by atoms with E-state index in [-0.39, 0.29) is 5.69 Å². The molecule has 2 heterocycles. The maximum absolute atomic E-state index is 8.28. The Kier molecular flexibility index (Phi) is 2.13. The number of para-hydroxylation sites is 1. The maximum Gasteiger partial charge on any atom is 0.153 e. The summed E-state index contributed by atoms with van der Waals surface area (Å²) in [5.41, 5.74) is 4.06. The van der Waals surface area contributed by atoms with Crippen molar-refractivity contribution >= 4 is 22.1 Å². The molecule has 0 aliphatic heterocycles. The van der Waals surface area contributed by atoms with Gasteiger partial charge >= 0.3 is 0 Å². The van der Waals surface area contributed by atoms with Gasteiger partial charge in [0.25, 0.3) is 0 Å². The summed E-state index contributed by atoms with van der Waals surface area (Å²) < 4.78 is 37.2. The van der Waals surface area contributed by atoms with Gasteiger partial charge in [0.1, 0.15) is 11.1 Å². The molecule has 0 fully saturated rings. The van der Waals surface area contributed by atoms with Crippen LogP contribution in [0.3, 0.4) is 0 Å². The summed E-state index contributed by atoms with van der Waals surface area (Å²) in [5, 5.41) is 0.810. The van der Waals surface area contributed by atoms with E-state index in [1.807, 2.05) is 48.5 Å². The van der Waals surface area contributed by atoms with Gasteiger partial charge in [0.05, 0.1) is 0 Å². The summed E-state index contributed by atoms with van der Waals surface area (Å²) in [4.78, 5) is 4.50. The highest BCUT2D eigenvalue weighted by Crippen LogP contribution is 2.35. The average Bonchev–Trinajstić information content (AvgIpc) is 2.99. The molecule has 0 N–H and O–H groups in total. The molecule has 1 atom stereocenters. The molecule has 2 aromatic carbocycles. The number of hydrogen-bond donors (Lipinski definition) is 0. The van der Waals surface area contributed by atoms with E-state index in [9.17, 15) is 0 Å². The molecule has 0 spiro atoms. The van der Waals surface area contributed by atoms with Crippen LogP contribution in [0, 0.1) is 0 Å². The first kappa shape index (κ1) is 9.42. The molecular weight excluding hydrogens is 270 g/mol. The fraction of sp³-hybridized carbons (Fsp3) is 0.150. The van der Waals surface area contributed by atoms with Gasteiger partial charge < -0.3 is 4.42 Å². The molecule has 2 nitrogen and oxygen atoms in total. The molecule has 4 aromatic rings. The fourth-order valence-electron chi connectivity index (χ4n) is 2.72. The number of hydrogen-bond acceptors (Lipinski definition) is 2. The molecule has 2 aromatic heterocycles. The lowest BCUT2D eigenvalue weighted by Gasteiger charge is -2.03. The Morgan fingerprint density at radius 3 is 2.73 bits per heavy atom. The summed E-state index contributed by atoms with van der Waals surface area (Å²) in [7, 11) is 0. The van der Waals surface area contributed by atoms with Gasteiger partial charge in [-0.05, 0) is 29.7 Å². The first-order valence-electron chi connectivity index (χ1n) is 9.17. The van der Waals surface area contributed by atoms with Crippen LogP contribution in [-0.2, 0) is 0 Å². The van der Waals surface area contributed by atoms with Gasteiger partial charge in [-0.2, -0.15) is 0 Å². The second-order valence-electron chi connectivity index (χ2n) is 5.32. The number of pyridine rings is 1. The Balaban J connectivity index is 1.97. The van der Waals surface area contributed by atoms with Gasteiger partial charge in [-0.3, -0.25) is 0 Å². The van der Waals surface area contributed by atoms with Crippen LogP contribution in [0.2, 0.25) is 0 Å². The molecule has 108 valence electrons. The third kappa shape index (κ3) is 2.00. The lowest BCUT2D eigenvalue weighted by molar-refractivity contribution is 0.668. The summed E-state index contributed by atoms with van der Waals surface area (Å²) in [6.45, 7) is -1.10. The molecule has 0 amide bonds. The maximum atomic E-state index is 8.28.